The van der Waals surface area contributed by atoms with E-state index in [1.54, 1.807) is 41.6 Å². The minimum Gasteiger partial charge on any atom is -0.398 e. The first-order valence-electron chi connectivity index (χ1n) is 8.42. The van der Waals surface area contributed by atoms with Crippen LogP contribution in [0.1, 0.15) is 10.4 Å². The number of amides is 1. The largest absolute Gasteiger partial charge is 0.398 e. The molecule has 0 bridgehead atoms. The zero-order chi connectivity index (χ0) is 20.1. The van der Waals surface area contributed by atoms with Crippen LogP contribution >= 0.6 is 22.9 Å². The molecule has 0 spiro atoms. The second kappa shape index (κ2) is 8.87. The van der Waals surface area contributed by atoms with Crippen LogP contribution in [0, 0.1) is 0 Å². The molecule has 2 aromatic rings. The van der Waals surface area contributed by atoms with E-state index in [0.29, 0.717) is 23.1 Å². The number of sulfonamides is 1. The Labute approximate surface area is 172 Å². The quantitative estimate of drug-likeness (QED) is 0.747. The van der Waals surface area contributed by atoms with Crippen LogP contribution in [-0.2, 0) is 14.8 Å². The number of aromatic nitrogens is 1. The highest BCUT2D eigenvalue weighted by molar-refractivity contribution is 7.92. The van der Waals surface area contributed by atoms with Gasteiger partial charge in [0.25, 0.3) is 0 Å². The molecular formula is C18H19ClN4O3S2. The maximum atomic E-state index is 12.5. The Morgan fingerprint density at radius 3 is 2.75 bits per heavy atom. The van der Waals surface area contributed by atoms with E-state index < -0.39 is 10.0 Å². The average Bonchev–Trinajstić information content (AvgIpc) is 3.08. The van der Waals surface area contributed by atoms with Crippen LogP contribution in [0.5, 0.6) is 0 Å². The number of hydrogen-bond acceptors (Lipinski definition) is 6. The smallest absolute Gasteiger partial charge is 0.238 e. The number of carbonyl (C=O) groups is 1. The number of anilines is 1. The summed E-state index contributed by atoms with van der Waals surface area (Å²) in [5.74, 6) is -0.244. The van der Waals surface area contributed by atoms with Gasteiger partial charge in [-0.25, -0.2) is 8.42 Å². The predicted molar refractivity (Wildman–Crippen MR) is 113 cm³/mol. The summed E-state index contributed by atoms with van der Waals surface area (Å²) in [4.78, 5) is 18.7. The molecule has 1 aliphatic heterocycles. The van der Waals surface area contributed by atoms with Gasteiger partial charge in [0.1, 0.15) is 0 Å². The van der Waals surface area contributed by atoms with Gasteiger partial charge >= 0.3 is 0 Å². The first kappa shape index (κ1) is 20.5. The van der Waals surface area contributed by atoms with Crippen molar-refractivity contribution >= 4 is 56.7 Å². The molecule has 10 heteroatoms. The number of hydrogen-bond donors (Lipinski definition) is 1. The van der Waals surface area contributed by atoms with Crippen molar-refractivity contribution < 1.29 is 13.2 Å². The Hall–Kier alpha value is -2.20. The molecule has 2 aromatic heterocycles. The summed E-state index contributed by atoms with van der Waals surface area (Å²) in [6, 6.07) is 5.14. The molecule has 28 heavy (non-hydrogen) atoms. The second-order valence-electron chi connectivity index (χ2n) is 6.07. The SMILES string of the molecule is Nc1ccncc1C=CCN1CCN(S(=O)(=O)C=Cc2ccc(Cl)s2)CC1=O. The van der Waals surface area contributed by atoms with E-state index in [9.17, 15) is 13.2 Å². The molecule has 0 radical (unpaired) electrons. The van der Waals surface area contributed by atoms with E-state index in [0.717, 1.165) is 15.8 Å². The number of carbonyl (C=O) groups excluding carboxylic acids is 1. The standard InChI is InChI=1S/C18H19ClN4O3S2/c19-17-4-3-15(27-17)6-11-28(25,26)23-10-9-22(18(24)13-23)8-1-2-14-12-21-7-5-16(14)20/h1-7,11-12H,8-10,13H2,(H2,20,21). The summed E-state index contributed by atoms with van der Waals surface area (Å²) in [7, 11) is -3.67. The van der Waals surface area contributed by atoms with Gasteiger partial charge < -0.3 is 10.6 Å². The number of thiophene rings is 1. The Kier molecular flexibility index (Phi) is 6.50. The van der Waals surface area contributed by atoms with Gasteiger partial charge in [0.15, 0.2) is 0 Å². The molecule has 1 saturated heterocycles. The molecule has 0 aromatic carbocycles. The van der Waals surface area contributed by atoms with Gasteiger partial charge in [-0.15, -0.1) is 11.3 Å². The van der Waals surface area contributed by atoms with Crippen LogP contribution in [0.15, 0.2) is 42.1 Å². The van der Waals surface area contributed by atoms with Crippen LogP contribution < -0.4 is 5.73 Å². The third kappa shape index (κ3) is 5.20. The first-order chi connectivity index (χ1) is 13.3. The lowest BCUT2D eigenvalue weighted by atomic mass is 10.2. The monoisotopic (exact) mass is 438 g/mol. The molecule has 3 heterocycles. The average molecular weight is 439 g/mol. The molecular weight excluding hydrogens is 420 g/mol. The normalized spacial score (nSPS) is 16.5. The maximum Gasteiger partial charge on any atom is 0.238 e. The molecule has 0 saturated carbocycles. The highest BCUT2D eigenvalue weighted by Gasteiger charge is 2.29. The van der Waals surface area contributed by atoms with Gasteiger partial charge in [0, 0.05) is 53.6 Å². The molecule has 0 atom stereocenters. The summed E-state index contributed by atoms with van der Waals surface area (Å²) in [5, 5.41) is 1.11. The second-order valence-corrected chi connectivity index (χ2v) is 9.64. The molecule has 3 rings (SSSR count). The third-order valence-corrected chi connectivity index (χ3v) is 6.86. The number of nitrogens with zero attached hydrogens (tertiary/aromatic N) is 3. The van der Waals surface area contributed by atoms with Crippen LogP contribution in [0.25, 0.3) is 12.2 Å². The zero-order valence-electron chi connectivity index (χ0n) is 14.9. The summed E-state index contributed by atoms with van der Waals surface area (Å²) in [6.07, 6.45) is 8.36. The van der Waals surface area contributed by atoms with Crippen molar-refractivity contribution in [3.63, 3.8) is 0 Å². The molecule has 148 valence electrons. The molecule has 2 N–H and O–H groups in total. The van der Waals surface area contributed by atoms with E-state index >= 15 is 0 Å². The van der Waals surface area contributed by atoms with Crippen molar-refractivity contribution in [3.8, 4) is 0 Å². The van der Waals surface area contributed by atoms with Gasteiger partial charge in [0.05, 0.1) is 10.9 Å². The van der Waals surface area contributed by atoms with Crippen molar-refractivity contribution in [1.82, 2.24) is 14.2 Å². The molecule has 0 aliphatic carbocycles. The van der Waals surface area contributed by atoms with E-state index in [2.05, 4.69) is 4.98 Å². The van der Waals surface area contributed by atoms with Crippen LogP contribution in [-0.4, -0.2) is 54.7 Å². The number of rotatable bonds is 6. The van der Waals surface area contributed by atoms with Gasteiger partial charge in [-0.05, 0) is 24.3 Å². The zero-order valence-corrected chi connectivity index (χ0v) is 17.3. The summed E-state index contributed by atoms with van der Waals surface area (Å²) in [6.45, 7) is 0.765. The van der Waals surface area contributed by atoms with Crippen molar-refractivity contribution in [2.75, 3.05) is 31.9 Å². The highest BCUT2D eigenvalue weighted by Crippen LogP contribution is 2.23. The minimum atomic E-state index is -3.67. The number of nitrogens with two attached hydrogens (primary N) is 1. The van der Waals surface area contributed by atoms with E-state index in [-0.39, 0.29) is 19.0 Å². The van der Waals surface area contributed by atoms with Gasteiger partial charge in [-0.1, -0.05) is 23.8 Å². The number of piperazine rings is 1. The van der Waals surface area contributed by atoms with Crippen LogP contribution in [0.4, 0.5) is 5.69 Å². The van der Waals surface area contributed by atoms with Crippen LogP contribution in [0.3, 0.4) is 0 Å². The Morgan fingerprint density at radius 2 is 2.07 bits per heavy atom. The van der Waals surface area contributed by atoms with Crippen LogP contribution in [0.2, 0.25) is 4.34 Å². The van der Waals surface area contributed by atoms with Gasteiger partial charge in [0.2, 0.25) is 15.9 Å². The van der Waals surface area contributed by atoms with E-state index in [1.165, 1.54) is 21.7 Å². The van der Waals surface area contributed by atoms with Crippen molar-refractivity contribution in [3.05, 3.63) is 56.9 Å². The lowest BCUT2D eigenvalue weighted by Crippen LogP contribution is -2.51. The fourth-order valence-electron chi connectivity index (χ4n) is 2.62. The van der Waals surface area contributed by atoms with E-state index in [1.807, 2.05) is 6.08 Å². The number of halogens is 1. The molecule has 1 amide bonds. The maximum absolute atomic E-state index is 12.5. The third-order valence-electron chi connectivity index (χ3n) is 4.15. The summed E-state index contributed by atoms with van der Waals surface area (Å²) >= 11 is 7.13. The van der Waals surface area contributed by atoms with Gasteiger partial charge in [-0.2, -0.15) is 4.31 Å². The van der Waals surface area contributed by atoms with Crippen molar-refractivity contribution in [1.29, 1.82) is 0 Å². The molecule has 1 aliphatic rings. The predicted octanol–water partition coefficient (Wildman–Crippen LogP) is 2.54. The molecule has 1 fully saturated rings. The molecule has 7 nitrogen and oxygen atoms in total. The fourth-order valence-corrected chi connectivity index (χ4v) is 4.78. The first-order valence-corrected chi connectivity index (χ1v) is 11.1. The Bertz CT molecular complexity index is 1020. The van der Waals surface area contributed by atoms with Crippen molar-refractivity contribution in [2.45, 2.75) is 0 Å². The topological polar surface area (TPSA) is 96.6 Å². The fraction of sp³-hybridized carbons (Fsp3) is 0.222. The van der Waals surface area contributed by atoms with E-state index in [4.69, 9.17) is 17.3 Å². The van der Waals surface area contributed by atoms with Gasteiger partial charge in [-0.3, -0.25) is 9.78 Å². The Balaban J connectivity index is 1.57. The lowest BCUT2D eigenvalue weighted by Gasteiger charge is -2.32. The lowest BCUT2D eigenvalue weighted by molar-refractivity contribution is -0.133. The number of pyridine rings is 1. The molecule has 0 unspecified atom stereocenters. The summed E-state index contributed by atoms with van der Waals surface area (Å²) in [5.41, 5.74) is 7.22. The van der Waals surface area contributed by atoms with Crippen molar-refractivity contribution in [2.24, 2.45) is 0 Å². The number of nitrogen functional groups attached to an aromatic ring is 1. The Morgan fingerprint density at radius 1 is 1.25 bits per heavy atom. The minimum absolute atomic E-state index is 0.180. The summed E-state index contributed by atoms with van der Waals surface area (Å²) < 4.78 is 26.7. The highest BCUT2D eigenvalue weighted by atomic mass is 35.5.